The van der Waals surface area contributed by atoms with Crippen LogP contribution in [0, 0.1) is 13.8 Å². The molecule has 4 rings (SSSR count). The number of para-hydroxylation sites is 1. The number of aromatic nitrogens is 1. The topological polar surface area (TPSA) is 55.6 Å². The van der Waals surface area contributed by atoms with Gasteiger partial charge in [-0.2, -0.15) is 0 Å². The van der Waals surface area contributed by atoms with Crippen LogP contribution in [0.1, 0.15) is 16.9 Å². The van der Waals surface area contributed by atoms with E-state index in [-0.39, 0.29) is 12.5 Å². The Hall–Kier alpha value is -3.12. The number of hydrogen-bond acceptors (Lipinski definition) is 5. The molecule has 142 valence electrons. The van der Waals surface area contributed by atoms with Gasteiger partial charge in [0.2, 0.25) is 0 Å². The fourth-order valence-electron chi connectivity index (χ4n) is 2.92. The molecule has 0 spiro atoms. The van der Waals surface area contributed by atoms with Crippen molar-refractivity contribution < 1.29 is 13.9 Å². The third-order valence-electron chi connectivity index (χ3n) is 4.46. The number of thiazole rings is 1. The average molecular weight is 392 g/mol. The van der Waals surface area contributed by atoms with Gasteiger partial charge in [-0.15, -0.1) is 0 Å². The van der Waals surface area contributed by atoms with Gasteiger partial charge in [-0.3, -0.25) is 9.69 Å². The van der Waals surface area contributed by atoms with Crippen LogP contribution in [0.25, 0.3) is 10.2 Å². The second-order valence-corrected chi connectivity index (χ2v) is 7.51. The number of furan rings is 1. The molecule has 4 aromatic rings. The minimum absolute atomic E-state index is 0.0708. The maximum atomic E-state index is 13.0. The van der Waals surface area contributed by atoms with Crippen molar-refractivity contribution in [2.75, 3.05) is 11.5 Å². The van der Waals surface area contributed by atoms with E-state index < -0.39 is 0 Å². The first-order valence-electron chi connectivity index (χ1n) is 8.99. The largest absolute Gasteiger partial charge is 0.484 e. The van der Waals surface area contributed by atoms with Crippen molar-refractivity contribution in [1.29, 1.82) is 0 Å². The van der Waals surface area contributed by atoms with Crippen LogP contribution in [0.15, 0.2) is 65.3 Å². The highest BCUT2D eigenvalue weighted by Gasteiger charge is 2.22. The van der Waals surface area contributed by atoms with Crippen LogP contribution in [0.3, 0.4) is 0 Å². The summed E-state index contributed by atoms with van der Waals surface area (Å²) in [7, 11) is 0. The highest BCUT2D eigenvalue weighted by molar-refractivity contribution is 7.22. The van der Waals surface area contributed by atoms with E-state index in [1.54, 1.807) is 11.2 Å². The van der Waals surface area contributed by atoms with Gasteiger partial charge in [0.15, 0.2) is 11.7 Å². The molecule has 1 amide bonds. The van der Waals surface area contributed by atoms with Crippen LogP contribution in [0.4, 0.5) is 5.13 Å². The summed E-state index contributed by atoms with van der Waals surface area (Å²) in [6.07, 6.45) is 1.60. The Kier molecular flexibility index (Phi) is 5.12. The second-order valence-electron chi connectivity index (χ2n) is 6.53. The number of benzene rings is 2. The monoisotopic (exact) mass is 392 g/mol. The zero-order valence-corrected chi connectivity index (χ0v) is 16.5. The van der Waals surface area contributed by atoms with Gasteiger partial charge in [0.1, 0.15) is 11.5 Å². The standard InChI is InChI=1S/C22H20N2O3S/c1-15-10-11-16(2)21-20(15)23-22(28-21)24(13-18-9-6-12-26-18)19(25)14-27-17-7-4-3-5-8-17/h3-12H,13-14H2,1-2H3. The van der Waals surface area contributed by atoms with Crippen molar-refractivity contribution in [3.05, 3.63) is 77.7 Å². The van der Waals surface area contributed by atoms with E-state index in [1.807, 2.05) is 49.4 Å². The lowest BCUT2D eigenvalue weighted by molar-refractivity contribution is -0.120. The Morgan fingerprint density at radius 3 is 2.57 bits per heavy atom. The number of amides is 1. The van der Waals surface area contributed by atoms with Crippen molar-refractivity contribution in [2.45, 2.75) is 20.4 Å². The number of anilines is 1. The summed E-state index contributed by atoms with van der Waals surface area (Å²) >= 11 is 1.51. The normalized spacial score (nSPS) is 10.9. The fraction of sp³-hybridized carbons (Fsp3) is 0.182. The molecule has 0 aliphatic carbocycles. The highest BCUT2D eigenvalue weighted by Crippen LogP contribution is 2.33. The first kappa shape index (κ1) is 18.3. The van der Waals surface area contributed by atoms with Gasteiger partial charge in [-0.1, -0.05) is 41.7 Å². The molecule has 6 heteroatoms. The summed E-state index contributed by atoms with van der Waals surface area (Å²) < 4.78 is 12.2. The Balaban J connectivity index is 1.64. The SMILES string of the molecule is Cc1ccc(C)c2sc(N(Cc3ccco3)C(=O)COc3ccccc3)nc12. The van der Waals surface area contributed by atoms with Crippen LogP contribution in [0.5, 0.6) is 5.75 Å². The lowest BCUT2D eigenvalue weighted by Crippen LogP contribution is -2.34. The van der Waals surface area contributed by atoms with Crippen molar-refractivity contribution in [2.24, 2.45) is 0 Å². The Morgan fingerprint density at radius 2 is 1.86 bits per heavy atom. The zero-order chi connectivity index (χ0) is 19.5. The number of hydrogen-bond donors (Lipinski definition) is 0. The van der Waals surface area contributed by atoms with Gasteiger partial charge >= 0.3 is 0 Å². The number of rotatable bonds is 6. The number of carbonyl (C=O) groups is 1. The molecule has 0 fully saturated rings. The smallest absolute Gasteiger partial charge is 0.267 e. The van der Waals surface area contributed by atoms with Gasteiger partial charge in [0.05, 0.1) is 23.0 Å². The second kappa shape index (κ2) is 7.86. The Bertz CT molecular complexity index is 1050. The summed E-state index contributed by atoms with van der Waals surface area (Å²) in [6.45, 7) is 4.32. The quantitative estimate of drug-likeness (QED) is 0.457. The molecule has 2 aromatic heterocycles. The summed E-state index contributed by atoms with van der Waals surface area (Å²) in [4.78, 5) is 19.4. The zero-order valence-electron chi connectivity index (χ0n) is 15.7. The van der Waals surface area contributed by atoms with E-state index in [4.69, 9.17) is 14.1 Å². The van der Waals surface area contributed by atoms with Crippen molar-refractivity contribution in [3.63, 3.8) is 0 Å². The minimum atomic E-state index is -0.172. The summed E-state index contributed by atoms with van der Waals surface area (Å²) in [5.41, 5.74) is 3.17. The van der Waals surface area contributed by atoms with Crippen LogP contribution in [0.2, 0.25) is 0 Å². The molecule has 0 saturated heterocycles. The lowest BCUT2D eigenvalue weighted by atomic mass is 10.1. The van der Waals surface area contributed by atoms with Gasteiger partial charge in [-0.05, 0) is 49.2 Å². The van der Waals surface area contributed by atoms with Crippen molar-refractivity contribution in [3.8, 4) is 5.75 Å². The molecule has 0 N–H and O–H groups in total. The number of aryl methyl sites for hydroxylation is 2. The van der Waals surface area contributed by atoms with E-state index in [1.165, 1.54) is 11.3 Å². The lowest BCUT2D eigenvalue weighted by Gasteiger charge is -2.19. The van der Waals surface area contributed by atoms with E-state index in [0.717, 1.165) is 21.3 Å². The van der Waals surface area contributed by atoms with E-state index in [0.29, 0.717) is 23.2 Å². The number of carbonyl (C=O) groups excluding carboxylic acids is 1. The molecule has 0 aliphatic heterocycles. The third kappa shape index (κ3) is 3.77. The maximum Gasteiger partial charge on any atom is 0.267 e. The van der Waals surface area contributed by atoms with Gasteiger partial charge in [0.25, 0.3) is 5.91 Å². The summed E-state index contributed by atoms with van der Waals surface area (Å²) in [6, 6.07) is 17.1. The molecule has 0 bridgehead atoms. The molecule has 0 aliphatic rings. The van der Waals surface area contributed by atoms with Crippen molar-refractivity contribution in [1.82, 2.24) is 4.98 Å². The molecule has 28 heavy (non-hydrogen) atoms. The van der Waals surface area contributed by atoms with E-state index in [9.17, 15) is 4.79 Å². The van der Waals surface area contributed by atoms with Crippen LogP contribution >= 0.6 is 11.3 Å². The number of fused-ring (bicyclic) bond motifs is 1. The van der Waals surface area contributed by atoms with Crippen LogP contribution < -0.4 is 9.64 Å². The predicted molar refractivity (Wildman–Crippen MR) is 111 cm³/mol. The summed E-state index contributed by atoms with van der Waals surface area (Å²) in [5, 5.41) is 0.644. The predicted octanol–water partition coefficient (Wildman–Crippen LogP) is 5.12. The molecule has 0 radical (unpaired) electrons. The molecule has 0 saturated carbocycles. The van der Waals surface area contributed by atoms with Gasteiger partial charge in [-0.25, -0.2) is 4.98 Å². The van der Waals surface area contributed by atoms with Crippen LogP contribution in [-0.4, -0.2) is 17.5 Å². The van der Waals surface area contributed by atoms with Crippen LogP contribution in [-0.2, 0) is 11.3 Å². The van der Waals surface area contributed by atoms with Gasteiger partial charge < -0.3 is 9.15 Å². The molecular formula is C22H20N2O3S. The van der Waals surface area contributed by atoms with Gasteiger partial charge in [0, 0.05) is 0 Å². The van der Waals surface area contributed by atoms with Crippen molar-refractivity contribution >= 4 is 32.6 Å². The van der Waals surface area contributed by atoms with E-state index in [2.05, 4.69) is 19.1 Å². The third-order valence-corrected chi connectivity index (χ3v) is 5.68. The number of ether oxygens (including phenoxy) is 1. The molecule has 5 nitrogen and oxygen atoms in total. The average Bonchev–Trinajstić information content (AvgIpc) is 3.38. The maximum absolute atomic E-state index is 13.0. The Morgan fingerprint density at radius 1 is 1.07 bits per heavy atom. The fourth-order valence-corrected chi connectivity index (χ4v) is 4.05. The molecule has 0 unspecified atom stereocenters. The minimum Gasteiger partial charge on any atom is -0.484 e. The summed E-state index contributed by atoms with van der Waals surface area (Å²) in [5.74, 6) is 1.18. The molecule has 0 atom stereocenters. The number of nitrogens with zero attached hydrogens (tertiary/aromatic N) is 2. The molecule has 2 aromatic carbocycles. The molecule has 2 heterocycles. The first-order chi connectivity index (χ1) is 13.6. The Labute approximate surface area is 167 Å². The first-order valence-corrected chi connectivity index (χ1v) is 9.81. The highest BCUT2D eigenvalue weighted by atomic mass is 32.1. The molecular weight excluding hydrogens is 372 g/mol. The van der Waals surface area contributed by atoms with E-state index >= 15 is 0 Å².